The van der Waals surface area contributed by atoms with Crippen LogP contribution in [0.1, 0.15) is 12.0 Å². The van der Waals surface area contributed by atoms with Crippen LogP contribution in [0.3, 0.4) is 0 Å². The van der Waals surface area contributed by atoms with E-state index in [9.17, 15) is 9.18 Å². The van der Waals surface area contributed by atoms with E-state index >= 15 is 0 Å². The molecule has 3 rings (SSSR count). The lowest BCUT2D eigenvalue weighted by Crippen LogP contribution is -2.47. The normalized spacial score (nSPS) is 14.7. The van der Waals surface area contributed by atoms with Gasteiger partial charge < -0.3 is 15.0 Å². The number of halogens is 1. The fourth-order valence-corrected chi connectivity index (χ4v) is 3.32. The maximum atomic E-state index is 13.0. The first-order valence-electron chi connectivity index (χ1n) is 9.79. The maximum Gasteiger partial charge on any atom is 0.257 e. The molecular weight excluding hydrogens is 357 g/mol. The van der Waals surface area contributed by atoms with E-state index in [1.807, 2.05) is 43.3 Å². The zero-order valence-corrected chi connectivity index (χ0v) is 16.4. The van der Waals surface area contributed by atoms with Crippen molar-refractivity contribution in [3.63, 3.8) is 0 Å². The Morgan fingerprint density at radius 2 is 1.86 bits per heavy atom. The summed E-state index contributed by atoms with van der Waals surface area (Å²) in [6.07, 6.45) is 0.909. The van der Waals surface area contributed by atoms with Crippen LogP contribution >= 0.6 is 0 Å². The number of rotatable bonds is 8. The van der Waals surface area contributed by atoms with E-state index in [4.69, 9.17) is 4.74 Å². The van der Waals surface area contributed by atoms with E-state index in [0.29, 0.717) is 12.3 Å². The van der Waals surface area contributed by atoms with Gasteiger partial charge in [-0.25, -0.2) is 4.39 Å². The van der Waals surface area contributed by atoms with Crippen LogP contribution in [0.15, 0.2) is 48.5 Å². The third kappa shape index (κ3) is 6.23. The summed E-state index contributed by atoms with van der Waals surface area (Å²) in [5, 5.41) is 2.91. The molecule has 0 atom stereocenters. The molecule has 2 aromatic rings. The molecule has 1 N–H and O–H groups in total. The minimum absolute atomic E-state index is 0.0415. The Hall–Kier alpha value is -2.60. The lowest BCUT2D eigenvalue weighted by molar-refractivity contribution is -0.123. The van der Waals surface area contributed by atoms with Gasteiger partial charge in [0, 0.05) is 38.4 Å². The Bertz CT molecular complexity index is 759. The van der Waals surface area contributed by atoms with Crippen LogP contribution in [0.4, 0.5) is 10.1 Å². The van der Waals surface area contributed by atoms with Gasteiger partial charge in [0.15, 0.2) is 6.61 Å². The topological polar surface area (TPSA) is 44.8 Å². The van der Waals surface area contributed by atoms with Crippen LogP contribution in [-0.4, -0.2) is 56.7 Å². The van der Waals surface area contributed by atoms with Crippen LogP contribution in [0.5, 0.6) is 5.75 Å². The lowest BCUT2D eigenvalue weighted by atomic mass is 10.2. The molecule has 1 heterocycles. The van der Waals surface area contributed by atoms with Crippen molar-refractivity contribution in [1.29, 1.82) is 0 Å². The van der Waals surface area contributed by atoms with E-state index in [2.05, 4.69) is 15.1 Å². The second-order valence-electron chi connectivity index (χ2n) is 7.11. The lowest BCUT2D eigenvalue weighted by Gasteiger charge is -2.36. The molecule has 1 fully saturated rings. The van der Waals surface area contributed by atoms with Crippen molar-refractivity contribution in [2.45, 2.75) is 13.3 Å². The second kappa shape index (κ2) is 10.1. The fraction of sp³-hybridized carbons (Fsp3) is 0.409. The number of nitrogens with one attached hydrogen (secondary N) is 1. The number of hydrogen-bond acceptors (Lipinski definition) is 4. The molecule has 0 unspecified atom stereocenters. The number of hydrogen-bond donors (Lipinski definition) is 1. The highest BCUT2D eigenvalue weighted by molar-refractivity contribution is 5.77. The van der Waals surface area contributed by atoms with Crippen molar-refractivity contribution in [3.05, 3.63) is 59.9 Å². The van der Waals surface area contributed by atoms with Crippen LogP contribution < -0.4 is 15.0 Å². The van der Waals surface area contributed by atoms with Gasteiger partial charge in [0.2, 0.25) is 0 Å². The van der Waals surface area contributed by atoms with Crippen LogP contribution in [0, 0.1) is 12.7 Å². The van der Waals surface area contributed by atoms with Crippen molar-refractivity contribution in [3.8, 4) is 5.75 Å². The van der Waals surface area contributed by atoms with Gasteiger partial charge >= 0.3 is 0 Å². The Balaban J connectivity index is 1.27. The zero-order chi connectivity index (χ0) is 19.8. The van der Waals surface area contributed by atoms with Gasteiger partial charge in [-0.05, 0) is 61.9 Å². The largest absolute Gasteiger partial charge is 0.484 e. The van der Waals surface area contributed by atoms with Gasteiger partial charge in [-0.3, -0.25) is 9.69 Å². The van der Waals surface area contributed by atoms with Crippen molar-refractivity contribution < 1.29 is 13.9 Å². The molecule has 6 heteroatoms. The Morgan fingerprint density at radius 3 is 2.57 bits per heavy atom. The molecule has 0 saturated carbocycles. The summed E-state index contributed by atoms with van der Waals surface area (Å²) < 4.78 is 18.5. The summed E-state index contributed by atoms with van der Waals surface area (Å²) in [7, 11) is 0. The van der Waals surface area contributed by atoms with Gasteiger partial charge in [-0.2, -0.15) is 0 Å². The van der Waals surface area contributed by atoms with E-state index in [1.54, 1.807) is 0 Å². The Kier molecular flexibility index (Phi) is 7.25. The molecule has 150 valence electrons. The van der Waals surface area contributed by atoms with Crippen LogP contribution in [0.25, 0.3) is 0 Å². The van der Waals surface area contributed by atoms with Gasteiger partial charge in [0.25, 0.3) is 5.91 Å². The summed E-state index contributed by atoms with van der Waals surface area (Å²) in [6.45, 7) is 7.45. The average Bonchev–Trinajstić information content (AvgIpc) is 2.71. The molecule has 2 aromatic carbocycles. The van der Waals surface area contributed by atoms with Gasteiger partial charge in [-0.1, -0.05) is 12.1 Å². The molecule has 1 aliphatic rings. The number of carbonyl (C=O) groups is 1. The van der Waals surface area contributed by atoms with E-state index in [-0.39, 0.29) is 18.3 Å². The van der Waals surface area contributed by atoms with E-state index in [1.165, 1.54) is 12.1 Å². The zero-order valence-electron chi connectivity index (χ0n) is 16.4. The Morgan fingerprint density at radius 1 is 1.11 bits per heavy atom. The van der Waals surface area contributed by atoms with Gasteiger partial charge in [-0.15, -0.1) is 0 Å². The summed E-state index contributed by atoms with van der Waals surface area (Å²) in [5.41, 5.74) is 2.18. The smallest absolute Gasteiger partial charge is 0.257 e. The minimum Gasteiger partial charge on any atom is -0.484 e. The number of amides is 1. The van der Waals surface area contributed by atoms with Crippen molar-refractivity contribution in [2.24, 2.45) is 0 Å². The highest BCUT2D eigenvalue weighted by Gasteiger charge is 2.16. The summed E-state index contributed by atoms with van der Waals surface area (Å²) in [4.78, 5) is 16.6. The van der Waals surface area contributed by atoms with E-state index < -0.39 is 0 Å². The highest BCUT2D eigenvalue weighted by atomic mass is 19.1. The maximum absolute atomic E-state index is 13.0. The highest BCUT2D eigenvalue weighted by Crippen LogP contribution is 2.17. The number of aryl methyl sites for hydroxylation is 1. The van der Waals surface area contributed by atoms with Crippen molar-refractivity contribution in [1.82, 2.24) is 10.2 Å². The molecule has 1 saturated heterocycles. The molecule has 0 aliphatic carbocycles. The van der Waals surface area contributed by atoms with Gasteiger partial charge in [0.05, 0.1) is 0 Å². The number of ether oxygens (including phenoxy) is 1. The molecule has 28 heavy (non-hydrogen) atoms. The molecule has 1 amide bonds. The predicted octanol–water partition coefficient (Wildman–Crippen LogP) is 2.84. The second-order valence-corrected chi connectivity index (χ2v) is 7.11. The summed E-state index contributed by atoms with van der Waals surface area (Å²) in [6, 6.07) is 14.4. The van der Waals surface area contributed by atoms with Crippen molar-refractivity contribution in [2.75, 3.05) is 50.8 Å². The standard InChI is InChI=1S/C22H28FN3O2/c1-18-4-2-5-21(16-18)28-17-22(27)24-10-3-11-25-12-14-26(15-13-25)20-8-6-19(23)7-9-20/h2,4-9,16H,3,10-15,17H2,1H3,(H,24,27). The summed E-state index contributed by atoms with van der Waals surface area (Å²) >= 11 is 0. The molecule has 1 aliphatic heterocycles. The van der Waals surface area contributed by atoms with E-state index in [0.717, 1.165) is 50.4 Å². The quantitative estimate of drug-likeness (QED) is 0.710. The number of nitrogens with zero attached hydrogens (tertiary/aromatic N) is 2. The molecule has 0 spiro atoms. The molecule has 5 nitrogen and oxygen atoms in total. The van der Waals surface area contributed by atoms with Crippen LogP contribution in [0.2, 0.25) is 0 Å². The Labute approximate surface area is 166 Å². The first kappa shape index (κ1) is 20.1. The number of anilines is 1. The molecule has 0 bridgehead atoms. The fourth-order valence-electron chi connectivity index (χ4n) is 3.32. The number of benzene rings is 2. The predicted molar refractivity (Wildman–Crippen MR) is 109 cm³/mol. The molecule has 0 aromatic heterocycles. The molecule has 0 radical (unpaired) electrons. The third-order valence-electron chi connectivity index (χ3n) is 4.90. The monoisotopic (exact) mass is 385 g/mol. The first-order valence-corrected chi connectivity index (χ1v) is 9.79. The third-order valence-corrected chi connectivity index (χ3v) is 4.90. The number of piperazine rings is 1. The molecular formula is C22H28FN3O2. The van der Waals surface area contributed by atoms with Crippen LogP contribution in [-0.2, 0) is 4.79 Å². The summed E-state index contributed by atoms with van der Waals surface area (Å²) in [5.74, 6) is 0.422. The SMILES string of the molecule is Cc1cccc(OCC(=O)NCCCN2CCN(c3ccc(F)cc3)CC2)c1. The first-order chi connectivity index (χ1) is 13.6. The average molecular weight is 385 g/mol. The number of carbonyl (C=O) groups excluding carboxylic acids is 1. The van der Waals surface area contributed by atoms with Gasteiger partial charge in [0.1, 0.15) is 11.6 Å². The minimum atomic E-state index is -0.200. The van der Waals surface area contributed by atoms with Crippen molar-refractivity contribution >= 4 is 11.6 Å².